The minimum atomic E-state index is -0.893. The lowest BCUT2D eigenvalue weighted by Gasteiger charge is -2.17. The lowest BCUT2D eigenvalue weighted by atomic mass is 9.89. The predicted octanol–water partition coefficient (Wildman–Crippen LogP) is 2.81. The lowest BCUT2D eigenvalue weighted by Crippen LogP contribution is -2.31. The van der Waals surface area contributed by atoms with Crippen molar-refractivity contribution in [2.45, 2.75) is 26.3 Å². The number of aryl methyl sites for hydroxylation is 2. The lowest BCUT2D eigenvalue weighted by molar-refractivity contribution is -0.141. The van der Waals surface area contributed by atoms with Crippen LogP contribution in [-0.4, -0.2) is 44.8 Å². The summed E-state index contributed by atoms with van der Waals surface area (Å²) in [4.78, 5) is 26.2. The Morgan fingerprint density at radius 2 is 1.96 bits per heavy atom. The van der Waals surface area contributed by atoms with Gasteiger partial charge in [-0.3, -0.25) is 14.3 Å². The van der Waals surface area contributed by atoms with Gasteiger partial charge < -0.3 is 10.0 Å². The number of nitrogens with zero attached hydrogens (tertiary/aromatic N) is 3. The maximum Gasteiger partial charge on any atom is 0.308 e. The summed E-state index contributed by atoms with van der Waals surface area (Å²) < 4.78 is 1.66. The van der Waals surface area contributed by atoms with Crippen molar-refractivity contribution in [3.8, 4) is 0 Å². The van der Waals surface area contributed by atoms with Crippen molar-refractivity contribution < 1.29 is 14.7 Å². The van der Waals surface area contributed by atoms with Crippen LogP contribution in [0.5, 0.6) is 0 Å². The molecule has 2 atom stereocenters. The van der Waals surface area contributed by atoms with Gasteiger partial charge >= 0.3 is 5.97 Å². The molecule has 1 aromatic heterocycles. The highest BCUT2D eigenvalue weighted by Crippen LogP contribution is 2.34. The molecule has 0 aliphatic carbocycles. The van der Waals surface area contributed by atoms with Crippen molar-refractivity contribution >= 4 is 23.5 Å². The van der Waals surface area contributed by atoms with Gasteiger partial charge in [0.05, 0.1) is 11.6 Å². The number of likely N-dealkylation sites (tertiary alicyclic amines) is 1. The molecule has 1 amide bonds. The van der Waals surface area contributed by atoms with Crippen LogP contribution in [0.15, 0.2) is 30.3 Å². The van der Waals surface area contributed by atoms with Crippen LogP contribution < -0.4 is 0 Å². The van der Waals surface area contributed by atoms with E-state index in [1.165, 1.54) is 0 Å². The van der Waals surface area contributed by atoms with Gasteiger partial charge in [0.15, 0.2) is 0 Å². The molecule has 2 heterocycles. The van der Waals surface area contributed by atoms with Gasteiger partial charge in [0.2, 0.25) is 0 Å². The molecule has 1 aliphatic rings. The molecule has 1 N–H and O–H groups in total. The van der Waals surface area contributed by atoms with E-state index in [-0.39, 0.29) is 18.4 Å². The molecular formula is C18H20ClN3O3. The third-order valence-corrected chi connectivity index (χ3v) is 4.90. The molecule has 3 rings (SSSR count). The highest BCUT2D eigenvalue weighted by atomic mass is 35.5. The highest BCUT2D eigenvalue weighted by Gasteiger charge is 2.41. The van der Waals surface area contributed by atoms with Crippen molar-refractivity contribution in [1.82, 2.24) is 14.7 Å². The fourth-order valence-corrected chi connectivity index (χ4v) is 3.51. The maximum absolute atomic E-state index is 12.9. The molecule has 0 bridgehead atoms. The Balaban J connectivity index is 1.88. The zero-order chi connectivity index (χ0) is 18.1. The summed E-state index contributed by atoms with van der Waals surface area (Å²) in [7, 11) is 0. The number of amides is 1. The number of benzene rings is 1. The topological polar surface area (TPSA) is 75.4 Å². The second-order valence-corrected chi connectivity index (χ2v) is 6.74. The quantitative estimate of drug-likeness (QED) is 0.908. The Bertz CT molecular complexity index is 800. The fourth-order valence-electron chi connectivity index (χ4n) is 3.39. The molecule has 25 heavy (non-hydrogen) atoms. The second-order valence-electron chi connectivity index (χ2n) is 6.30. The SMILES string of the molecule is CCn1nc(C)cc1C(=O)N1C[C@@H](C(=O)O)[C@H](c2ccc(Cl)cc2)C1. The average Bonchev–Trinajstić information content (AvgIpc) is 3.18. The minimum Gasteiger partial charge on any atom is -0.481 e. The van der Waals surface area contributed by atoms with Gasteiger partial charge in [-0.05, 0) is 37.6 Å². The van der Waals surface area contributed by atoms with E-state index in [1.807, 2.05) is 26.0 Å². The van der Waals surface area contributed by atoms with Crippen LogP contribution in [0.4, 0.5) is 0 Å². The Morgan fingerprint density at radius 1 is 1.28 bits per heavy atom. The maximum atomic E-state index is 12.9. The Labute approximate surface area is 151 Å². The van der Waals surface area contributed by atoms with Crippen LogP contribution in [0, 0.1) is 12.8 Å². The van der Waals surface area contributed by atoms with E-state index in [0.717, 1.165) is 11.3 Å². The molecule has 2 aromatic rings. The van der Waals surface area contributed by atoms with Crippen molar-refractivity contribution in [3.63, 3.8) is 0 Å². The monoisotopic (exact) mass is 361 g/mol. The largest absolute Gasteiger partial charge is 0.481 e. The van der Waals surface area contributed by atoms with Crippen LogP contribution in [-0.2, 0) is 11.3 Å². The summed E-state index contributed by atoms with van der Waals surface area (Å²) in [5.41, 5.74) is 2.15. The van der Waals surface area contributed by atoms with Crippen molar-refractivity contribution in [2.24, 2.45) is 5.92 Å². The Morgan fingerprint density at radius 3 is 2.56 bits per heavy atom. The molecule has 1 saturated heterocycles. The smallest absolute Gasteiger partial charge is 0.308 e. The molecule has 1 aromatic carbocycles. The number of aromatic nitrogens is 2. The van der Waals surface area contributed by atoms with Gasteiger partial charge in [0, 0.05) is 30.6 Å². The summed E-state index contributed by atoms with van der Waals surface area (Å²) in [6, 6.07) is 8.90. The number of hydrogen-bond donors (Lipinski definition) is 1. The highest BCUT2D eigenvalue weighted by molar-refractivity contribution is 6.30. The van der Waals surface area contributed by atoms with Crippen molar-refractivity contribution in [1.29, 1.82) is 0 Å². The van der Waals surface area contributed by atoms with E-state index in [9.17, 15) is 14.7 Å². The first-order chi connectivity index (χ1) is 11.9. The number of rotatable bonds is 4. The predicted molar refractivity (Wildman–Crippen MR) is 93.9 cm³/mol. The standard InChI is InChI=1S/C18H20ClN3O3/c1-3-22-16(8-11(2)20-22)17(23)21-9-14(15(10-21)18(24)25)12-4-6-13(19)7-5-12/h4-8,14-15H,3,9-10H2,1-2H3,(H,24,25)/t14-,15+/m0/s1. The first-order valence-electron chi connectivity index (χ1n) is 8.22. The molecule has 1 aliphatic heterocycles. The molecule has 0 unspecified atom stereocenters. The van der Waals surface area contributed by atoms with Crippen molar-refractivity contribution in [2.75, 3.05) is 13.1 Å². The first kappa shape index (κ1) is 17.5. The number of hydrogen-bond acceptors (Lipinski definition) is 3. The van der Waals surface area contributed by atoms with E-state index >= 15 is 0 Å². The molecule has 0 spiro atoms. The van der Waals surface area contributed by atoms with Gasteiger partial charge in [-0.2, -0.15) is 5.10 Å². The summed E-state index contributed by atoms with van der Waals surface area (Å²) >= 11 is 5.92. The number of carboxylic acid groups (broad SMARTS) is 1. The van der Waals surface area contributed by atoms with Crippen molar-refractivity contribution in [3.05, 3.63) is 52.3 Å². The van der Waals surface area contributed by atoms with Gasteiger partial charge in [-0.15, -0.1) is 0 Å². The summed E-state index contributed by atoms with van der Waals surface area (Å²) in [6.45, 7) is 4.90. The third kappa shape index (κ3) is 3.39. The molecular weight excluding hydrogens is 342 g/mol. The summed E-state index contributed by atoms with van der Waals surface area (Å²) in [5, 5.41) is 14.5. The van der Waals surface area contributed by atoms with Crippen LogP contribution in [0.3, 0.4) is 0 Å². The van der Waals surface area contributed by atoms with Gasteiger partial charge in [0.1, 0.15) is 5.69 Å². The normalized spacial score (nSPS) is 20.0. The van der Waals surface area contributed by atoms with E-state index in [0.29, 0.717) is 23.8 Å². The van der Waals surface area contributed by atoms with E-state index < -0.39 is 11.9 Å². The number of carbonyl (C=O) groups excluding carboxylic acids is 1. The number of carbonyl (C=O) groups is 2. The molecule has 0 saturated carbocycles. The van der Waals surface area contributed by atoms with Crippen LogP contribution in [0.2, 0.25) is 5.02 Å². The number of carboxylic acids is 1. The number of aliphatic carboxylic acids is 1. The Hall–Kier alpha value is -2.34. The van der Waals surface area contributed by atoms with Gasteiger partial charge in [-0.1, -0.05) is 23.7 Å². The van der Waals surface area contributed by atoms with Crippen LogP contribution in [0.25, 0.3) is 0 Å². The zero-order valence-electron chi connectivity index (χ0n) is 14.1. The van der Waals surface area contributed by atoms with E-state index in [4.69, 9.17) is 11.6 Å². The zero-order valence-corrected chi connectivity index (χ0v) is 14.9. The second kappa shape index (κ2) is 6.88. The molecule has 6 nitrogen and oxygen atoms in total. The van der Waals surface area contributed by atoms with E-state index in [1.54, 1.807) is 27.8 Å². The average molecular weight is 362 g/mol. The molecule has 132 valence electrons. The van der Waals surface area contributed by atoms with Crippen LogP contribution in [0.1, 0.15) is 34.6 Å². The van der Waals surface area contributed by atoms with Gasteiger partial charge in [0.25, 0.3) is 5.91 Å². The molecule has 0 radical (unpaired) electrons. The molecule has 7 heteroatoms. The Kier molecular flexibility index (Phi) is 4.81. The van der Waals surface area contributed by atoms with Gasteiger partial charge in [-0.25, -0.2) is 0 Å². The van der Waals surface area contributed by atoms with Crippen LogP contribution >= 0.6 is 11.6 Å². The minimum absolute atomic E-state index is 0.176. The summed E-state index contributed by atoms with van der Waals surface area (Å²) in [6.07, 6.45) is 0. The first-order valence-corrected chi connectivity index (χ1v) is 8.60. The number of halogens is 1. The third-order valence-electron chi connectivity index (χ3n) is 4.64. The fraction of sp³-hybridized carbons (Fsp3) is 0.389. The molecule has 1 fully saturated rings. The van der Waals surface area contributed by atoms with E-state index in [2.05, 4.69) is 5.10 Å². The summed E-state index contributed by atoms with van der Waals surface area (Å²) in [5.74, 6) is -1.96.